The summed E-state index contributed by atoms with van der Waals surface area (Å²) >= 11 is 3.13. The number of nitrogens with two attached hydrogens (primary N) is 2. The molecular weight excluding hydrogens is 376 g/mol. The van der Waals surface area contributed by atoms with Crippen molar-refractivity contribution >= 4 is 41.3 Å². The Hall–Kier alpha value is -0.970. The summed E-state index contributed by atoms with van der Waals surface area (Å²) in [5.74, 6) is -0.580. The molecule has 0 fully saturated rings. The van der Waals surface area contributed by atoms with E-state index >= 15 is 0 Å². The maximum absolute atomic E-state index is 12.5. The number of unbranched alkanes of at least 4 members (excludes halogenated alkanes) is 1. The first-order chi connectivity index (χ1) is 12.4. The van der Waals surface area contributed by atoms with Crippen LogP contribution in [0, 0.1) is 0 Å². The predicted molar refractivity (Wildman–Crippen MR) is 108 cm³/mol. The molecule has 26 heavy (non-hydrogen) atoms. The summed E-state index contributed by atoms with van der Waals surface area (Å²) in [6.07, 6.45) is 6.34. The summed E-state index contributed by atoms with van der Waals surface area (Å²) in [7, 11) is 0. The minimum Gasteiger partial charge on any atom is -0.480 e. The zero-order valence-corrected chi connectivity index (χ0v) is 17.2. The Bertz CT molecular complexity index is 440. The van der Waals surface area contributed by atoms with Gasteiger partial charge in [-0.1, -0.05) is 0 Å². The minimum atomic E-state index is -1.10. The number of carbonyl (C=O) groups excluding carboxylic acids is 2. The molecule has 0 aromatic rings. The van der Waals surface area contributed by atoms with Crippen molar-refractivity contribution < 1.29 is 19.5 Å². The van der Waals surface area contributed by atoms with Gasteiger partial charge in [-0.2, -0.15) is 23.5 Å². The molecule has 3 atom stereocenters. The molecule has 0 heterocycles. The lowest BCUT2D eigenvalue weighted by Gasteiger charge is -2.22. The zero-order valence-electron chi connectivity index (χ0n) is 15.5. The Morgan fingerprint density at radius 2 is 1.50 bits per heavy atom. The van der Waals surface area contributed by atoms with Crippen LogP contribution in [0.5, 0.6) is 0 Å². The van der Waals surface area contributed by atoms with Crippen molar-refractivity contribution in [3.8, 4) is 0 Å². The topological polar surface area (TPSA) is 148 Å². The molecule has 152 valence electrons. The van der Waals surface area contributed by atoms with Crippen LogP contribution in [0.1, 0.15) is 32.1 Å². The van der Waals surface area contributed by atoms with Crippen LogP contribution in [-0.2, 0) is 14.4 Å². The van der Waals surface area contributed by atoms with E-state index in [0.29, 0.717) is 44.4 Å². The van der Waals surface area contributed by atoms with Gasteiger partial charge in [0.25, 0.3) is 0 Å². The second-order valence-corrected chi connectivity index (χ2v) is 7.89. The monoisotopic (exact) mass is 408 g/mol. The third kappa shape index (κ3) is 10.9. The number of hydrogen-bond acceptors (Lipinski definition) is 7. The maximum Gasteiger partial charge on any atom is 0.326 e. The first-order valence-electron chi connectivity index (χ1n) is 8.64. The summed E-state index contributed by atoms with van der Waals surface area (Å²) in [5, 5.41) is 14.5. The van der Waals surface area contributed by atoms with E-state index in [-0.39, 0.29) is 0 Å². The number of aliphatic carboxylic acids is 1. The molecule has 0 aliphatic carbocycles. The van der Waals surface area contributed by atoms with Crippen molar-refractivity contribution in [1.29, 1.82) is 0 Å². The van der Waals surface area contributed by atoms with Crippen molar-refractivity contribution in [1.82, 2.24) is 10.6 Å². The Balaban J connectivity index is 4.83. The molecule has 0 aromatic carbocycles. The number of nitrogens with one attached hydrogen (secondary N) is 2. The summed E-state index contributed by atoms with van der Waals surface area (Å²) in [4.78, 5) is 36.1. The summed E-state index contributed by atoms with van der Waals surface area (Å²) < 4.78 is 0. The second kappa shape index (κ2) is 15.1. The van der Waals surface area contributed by atoms with Gasteiger partial charge in [0.1, 0.15) is 12.1 Å². The third-order valence-electron chi connectivity index (χ3n) is 3.77. The number of carboxylic acid groups (broad SMARTS) is 1. The van der Waals surface area contributed by atoms with Gasteiger partial charge in [-0.25, -0.2) is 4.79 Å². The Labute approximate surface area is 164 Å². The molecule has 0 saturated carbocycles. The van der Waals surface area contributed by atoms with Crippen LogP contribution < -0.4 is 22.1 Å². The minimum absolute atomic E-state index is 0.300. The highest BCUT2D eigenvalue weighted by Crippen LogP contribution is 2.06. The van der Waals surface area contributed by atoms with Crippen LogP contribution in [-0.4, -0.2) is 71.6 Å². The first kappa shape index (κ1) is 25.0. The van der Waals surface area contributed by atoms with E-state index in [1.165, 1.54) is 0 Å². The van der Waals surface area contributed by atoms with Crippen molar-refractivity contribution in [2.45, 2.75) is 50.2 Å². The fourth-order valence-electron chi connectivity index (χ4n) is 2.18. The van der Waals surface area contributed by atoms with Crippen molar-refractivity contribution in [3.05, 3.63) is 0 Å². The van der Waals surface area contributed by atoms with Gasteiger partial charge in [0.15, 0.2) is 0 Å². The van der Waals surface area contributed by atoms with Crippen LogP contribution >= 0.6 is 23.5 Å². The predicted octanol–water partition coefficient (Wildman–Crippen LogP) is 0.00310. The van der Waals surface area contributed by atoms with Gasteiger partial charge in [0.2, 0.25) is 11.8 Å². The lowest BCUT2D eigenvalue weighted by molar-refractivity contribution is -0.142. The van der Waals surface area contributed by atoms with Crippen molar-refractivity contribution in [3.63, 3.8) is 0 Å². The average Bonchev–Trinajstić information content (AvgIpc) is 2.61. The van der Waals surface area contributed by atoms with Gasteiger partial charge < -0.3 is 27.2 Å². The number of amides is 2. The van der Waals surface area contributed by atoms with E-state index in [4.69, 9.17) is 11.5 Å². The fourth-order valence-corrected chi connectivity index (χ4v) is 3.14. The van der Waals surface area contributed by atoms with Gasteiger partial charge in [-0.3, -0.25) is 9.59 Å². The molecule has 0 aliphatic heterocycles. The zero-order chi connectivity index (χ0) is 19.9. The molecular formula is C16H32N4O4S2. The third-order valence-corrected chi connectivity index (χ3v) is 5.06. The van der Waals surface area contributed by atoms with Crippen LogP contribution in [0.25, 0.3) is 0 Å². The van der Waals surface area contributed by atoms with Crippen molar-refractivity contribution in [2.24, 2.45) is 11.5 Å². The summed E-state index contributed by atoms with van der Waals surface area (Å²) in [5.41, 5.74) is 11.3. The van der Waals surface area contributed by atoms with E-state index in [2.05, 4.69) is 10.6 Å². The van der Waals surface area contributed by atoms with Gasteiger partial charge in [-0.05, 0) is 62.7 Å². The number of carbonyl (C=O) groups is 3. The summed E-state index contributed by atoms with van der Waals surface area (Å²) in [6, 6.07) is -2.48. The molecule has 8 nitrogen and oxygen atoms in total. The molecule has 0 aromatic heterocycles. The quantitative estimate of drug-likeness (QED) is 0.238. The smallest absolute Gasteiger partial charge is 0.326 e. The molecule has 2 amide bonds. The Morgan fingerprint density at radius 3 is 2.04 bits per heavy atom. The first-order valence-corrected chi connectivity index (χ1v) is 11.4. The highest BCUT2D eigenvalue weighted by Gasteiger charge is 2.27. The van der Waals surface area contributed by atoms with E-state index in [0.717, 1.165) is 5.75 Å². The van der Waals surface area contributed by atoms with Gasteiger partial charge in [-0.15, -0.1) is 0 Å². The van der Waals surface area contributed by atoms with Crippen LogP contribution in [0.15, 0.2) is 0 Å². The van der Waals surface area contributed by atoms with Gasteiger partial charge >= 0.3 is 5.97 Å². The van der Waals surface area contributed by atoms with Gasteiger partial charge in [0.05, 0.1) is 6.04 Å². The Morgan fingerprint density at radius 1 is 0.923 bits per heavy atom. The fraction of sp³-hybridized carbons (Fsp3) is 0.812. The average molecular weight is 409 g/mol. The lowest BCUT2D eigenvalue weighted by Crippen LogP contribution is -2.54. The van der Waals surface area contributed by atoms with Gasteiger partial charge in [0, 0.05) is 0 Å². The Kier molecular flexibility index (Phi) is 14.6. The maximum atomic E-state index is 12.5. The van der Waals surface area contributed by atoms with Crippen LogP contribution in [0.4, 0.5) is 0 Å². The highest BCUT2D eigenvalue weighted by molar-refractivity contribution is 7.98. The van der Waals surface area contributed by atoms with Crippen LogP contribution in [0.3, 0.4) is 0 Å². The molecule has 7 N–H and O–H groups in total. The number of carboxylic acids is 1. The number of thioether (sulfide) groups is 2. The lowest BCUT2D eigenvalue weighted by atomic mass is 10.1. The molecule has 0 rings (SSSR count). The molecule has 0 spiro atoms. The second-order valence-electron chi connectivity index (χ2n) is 5.91. The molecule has 0 radical (unpaired) electrons. The molecule has 0 saturated heterocycles. The number of hydrogen-bond donors (Lipinski definition) is 5. The molecule has 0 bridgehead atoms. The SMILES string of the molecule is CSCCC(N)C(=O)NC(CCSC)C(=O)NC(CCCCN)C(=O)O. The molecule has 3 unspecified atom stereocenters. The molecule has 0 aliphatic rings. The highest BCUT2D eigenvalue weighted by atomic mass is 32.2. The molecule has 10 heteroatoms. The van der Waals surface area contributed by atoms with Crippen LogP contribution in [0.2, 0.25) is 0 Å². The normalized spacial score (nSPS) is 14.3. The van der Waals surface area contributed by atoms with Crippen molar-refractivity contribution in [2.75, 3.05) is 30.6 Å². The number of rotatable bonds is 15. The van der Waals surface area contributed by atoms with E-state index < -0.39 is 35.9 Å². The summed E-state index contributed by atoms with van der Waals surface area (Å²) in [6.45, 7) is 0.473. The largest absolute Gasteiger partial charge is 0.480 e. The van der Waals surface area contributed by atoms with E-state index in [1.54, 1.807) is 23.5 Å². The standard InChI is InChI=1S/C16H32N4O4S2/c1-25-9-6-11(18)14(21)19-12(7-10-26-2)15(22)20-13(16(23)24)5-3-4-8-17/h11-13H,3-10,17-18H2,1-2H3,(H,19,21)(H,20,22)(H,23,24). The van der Waals surface area contributed by atoms with E-state index in [9.17, 15) is 19.5 Å². The van der Waals surface area contributed by atoms with E-state index in [1.807, 2.05) is 12.5 Å².